The maximum Gasteiger partial charge on any atom is 0.410 e. The van der Waals surface area contributed by atoms with E-state index in [1.165, 1.54) is 0 Å². The Hall–Kier alpha value is -1.72. The van der Waals surface area contributed by atoms with Gasteiger partial charge in [0.2, 0.25) is 0 Å². The number of hydrogen-bond acceptors (Lipinski definition) is 4. The first kappa shape index (κ1) is 14.2. The van der Waals surface area contributed by atoms with Crippen LogP contribution >= 0.6 is 0 Å². The Kier molecular flexibility index (Phi) is 3.34. The van der Waals surface area contributed by atoms with Crippen LogP contribution in [0.5, 0.6) is 0 Å². The van der Waals surface area contributed by atoms with E-state index in [0.717, 1.165) is 25.7 Å². The first-order valence-electron chi connectivity index (χ1n) is 7.64. The number of carbonyl (C=O) groups excluding carboxylic acids is 1. The summed E-state index contributed by atoms with van der Waals surface area (Å²) in [5, 5.41) is 4.32. The highest BCUT2D eigenvalue weighted by Gasteiger charge is 2.45. The van der Waals surface area contributed by atoms with Gasteiger partial charge in [0.05, 0.1) is 17.9 Å². The SMILES string of the molecule is CC(C)(C)OC(=O)N1[C@@H]2CC[C@H]1C[C@H](n1cc(N)cn1)C2. The van der Waals surface area contributed by atoms with E-state index >= 15 is 0 Å². The molecule has 2 bridgehead atoms. The number of hydrogen-bond donors (Lipinski definition) is 1. The van der Waals surface area contributed by atoms with E-state index in [0.29, 0.717) is 11.7 Å². The average Bonchev–Trinajstić information content (AvgIpc) is 2.89. The van der Waals surface area contributed by atoms with Crippen LogP contribution in [0.2, 0.25) is 0 Å². The first-order valence-corrected chi connectivity index (χ1v) is 7.64. The summed E-state index contributed by atoms with van der Waals surface area (Å²) in [4.78, 5) is 14.3. The molecule has 0 aromatic carbocycles. The van der Waals surface area contributed by atoms with E-state index in [1.807, 2.05) is 36.5 Å². The van der Waals surface area contributed by atoms with Crippen LogP contribution in [0.15, 0.2) is 12.4 Å². The smallest absolute Gasteiger partial charge is 0.410 e. The number of amides is 1. The standard InChI is InChI=1S/C15H24N4O2/c1-15(2,3)21-14(20)19-11-4-5-12(19)7-13(6-11)18-9-10(16)8-17-18/h8-9,11-13H,4-7,16H2,1-3H3/t11-,12+,13-. The molecule has 0 saturated carbocycles. The van der Waals surface area contributed by atoms with Crippen molar-refractivity contribution < 1.29 is 9.53 Å². The highest BCUT2D eigenvalue weighted by atomic mass is 16.6. The van der Waals surface area contributed by atoms with Gasteiger partial charge in [-0.15, -0.1) is 0 Å². The second-order valence-corrected chi connectivity index (χ2v) is 7.15. The number of ether oxygens (including phenoxy) is 1. The van der Waals surface area contributed by atoms with Gasteiger partial charge in [0.25, 0.3) is 0 Å². The van der Waals surface area contributed by atoms with E-state index < -0.39 is 5.60 Å². The second kappa shape index (κ2) is 4.93. The molecule has 2 fully saturated rings. The lowest BCUT2D eigenvalue weighted by Crippen LogP contribution is -2.48. The van der Waals surface area contributed by atoms with E-state index in [-0.39, 0.29) is 18.2 Å². The molecule has 2 aliphatic rings. The third-order valence-electron chi connectivity index (χ3n) is 4.31. The predicted molar refractivity (Wildman–Crippen MR) is 79.8 cm³/mol. The van der Waals surface area contributed by atoms with Gasteiger partial charge >= 0.3 is 6.09 Å². The van der Waals surface area contributed by atoms with Gasteiger partial charge in [-0.2, -0.15) is 5.10 Å². The molecule has 2 aliphatic heterocycles. The van der Waals surface area contributed by atoms with E-state index in [1.54, 1.807) is 6.20 Å². The van der Waals surface area contributed by atoms with Crippen molar-refractivity contribution in [3.8, 4) is 0 Å². The number of carbonyl (C=O) groups is 1. The monoisotopic (exact) mass is 292 g/mol. The Morgan fingerprint density at radius 3 is 2.38 bits per heavy atom. The van der Waals surface area contributed by atoms with Crippen molar-refractivity contribution in [1.82, 2.24) is 14.7 Å². The van der Waals surface area contributed by atoms with Crippen LogP contribution in [0.1, 0.15) is 52.5 Å². The van der Waals surface area contributed by atoms with E-state index in [2.05, 4.69) is 5.10 Å². The van der Waals surface area contributed by atoms with Crippen LogP contribution in [-0.2, 0) is 4.74 Å². The molecule has 3 heterocycles. The zero-order valence-corrected chi connectivity index (χ0v) is 13.0. The molecule has 0 unspecified atom stereocenters. The molecular formula is C15H24N4O2. The van der Waals surface area contributed by atoms with Gasteiger partial charge in [0, 0.05) is 18.3 Å². The highest BCUT2D eigenvalue weighted by molar-refractivity contribution is 5.69. The summed E-state index contributed by atoms with van der Waals surface area (Å²) in [6.07, 6.45) is 7.35. The Bertz CT molecular complexity index is 520. The largest absolute Gasteiger partial charge is 0.444 e. The molecule has 116 valence electrons. The summed E-state index contributed by atoms with van der Waals surface area (Å²) in [6, 6.07) is 0.849. The van der Waals surface area contributed by atoms with Gasteiger partial charge in [-0.1, -0.05) is 0 Å². The van der Waals surface area contributed by atoms with Crippen molar-refractivity contribution in [2.75, 3.05) is 5.73 Å². The van der Waals surface area contributed by atoms with E-state index in [9.17, 15) is 4.79 Å². The van der Waals surface area contributed by atoms with Gasteiger partial charge < -0.3 is 15.4 Å². The molecule has 3 atom stereocenters. The van der Waals surface area contributed by atoms with Crippen LogP contribution in [0.25, 0.3) is 0 Å². The molecule has 0 spiro atoms. The van der Waals surface area contributed by atoms with Gasteiger partial charge in [-0.25, -0.2) is 4.79 Å². The number of aromatic nitrogens is 2. The lowest BCUT2D eigenvalue weighted by Gasteiger charge is -2.39. The molecule has 0 radical (unpaired) electrons. The number of piperidine rings is 1. The molecule has 1 aromatic heterocycles. The highest BCUT2D eigenvalue weighted by Crippen LogP contribution is 2.41. The quantitative estimate of drug-likeness (QED) is 0.863. The van der Waals surface area contributed by atoms with Crippen molar-refractivity contribution >= 4 is 11.8 Å². The van der Waals surface area contributed by atoms with Gasteiger partial charge in [-0.3, -0.25) is 4.68 Å². The maximum absolute atomic E-state index is 12.4. The fourth-order valence-electron chi connectivity index (χ4n) is 3.53. The number of nitrogen functional groups attached to an aromatic ring is 1. The molecule has 1 amide bonds. The van der Waals surface area contributed by atoms with Crippen LogP contribution in [0.4, 0.5) is 10.5 Å². The minimum Gasteiger partial charge on any atom is -0.444 e. The summed E-state index contributed by atoms with van der Waals surface area (Å²) in [7, 11) is 0. The van der Waals surface area contributed by atoms with Crippen molar-refractivity contribution in [2.24, 2.45) is 0 Å². The summed E-state index contributed by atoms with van der Waals surface area (Å²) in [5.41, 5.74) is 6.00. The number of anilines is 1. The number of nitrogens with zero attached hydrogens (tertiary/aromatic N) is 3. The first-order chi connectivity index (χ1) is 9.83. The lowest BCUT2D eigenvalue weighted by molar-refractivity contribution is 0.00232. The van der Waals surface area contributed by atoms with Crippen molar-refractivity contribution in [3.63, 3.8) is 0 Å². The molecule has 6 heteroatoms. The molecule has 1 aromatic rings. The predicted octanol–water partition coefficient (Wildman–Crippen LogP) is 2.57. The number of fused-ring (bicyclic) bond motifs is 2. The Labute approximate surface area is 125 Å². The van der Waals surface area contributed by atoms with Crippen molar-refractivity contribution in [3.05, 3.63) is 12.4 Å². The zero-order chi connectivity index (χ0) is 15.2. The Balaban J connectivity index is 1.71. The normalized spacial score (nSPS) is 28.7. The summed E-state index contributed by atoms with van der Waals surface area (Å²) in [6.45, 7) is 5.73. The van der Waals surface area contributed by atoms with Crippen LogP contribution in [0.3, 0.4) is 0 Å². The van der Waals surface area contributed by atoms with Gasteiger partial charge in [-0.05, 0) is 46.5 Å². The average molecular weight is 292 g/mol. The fourth-order valence-corrected chi connectivity index (χ4v) is 3.53. The molecule has 0 aliphatic carbocycles. The molecule has 2 N–H and O–H groups in total. The summed E-state index contributed by atoms with van der Waals surface area (Å²) < 4.78 is 7.50. The van der Waals surface area contributed by atoms with Crippen LogP contribution < -0.4 is 5.73 Å². The third-order valence-corrected chi connectivity index (χ3v) is 4.31. The number of nitrogens with two attached hydrogens (primary N) is 1. The number of rotatable bonds is 1. The Morgan fingerprint density at radius 1 is 1.29 bits per heavy atom. The molecule has 6 nitrogen and oxygen atoms in total. The molecule has 21 heavy (non-hydrogen) atoms. The minimum absolute atomic E-state index is 0.173. The van der Waals surface area contributed by atoms with Crippen molar-refractivity contribution in [1.29, 1.82) is 0 Å². The van der Waals surface area contributed by atoms with Gasteiger partial charge in [0.15, 0.2) is 0 Å². The molecule has 3 rings (SSSR count). The maximum atomic E-state index is 12.4. The lowest BCUT2D eigenvalue weighted by atomic mass is 9.98. The Morgan fingerprint density at radius 2 is 1.90 bits per heavy atom. The minimum atomic E-state index is -0.441. The van der Waals surface area contributed by atoms with Crippen LogP contribution in [0, 0.1) is 0 Å². The van der Waals surface area contributed by atoms with E-state index in [4.69, 9.17) is 10.5 Å². The molecular weight excluding hydrogens is 268 g/mol. The van der Waals surface area contributed by atoms with Crippen molar-refractivity contribution in [2.45, 2.75) is 70.2 Å². The van der Waals surface area contributed by atoms with Crippen LogP contribution in [-0.4, -0.2) is 38.5 Å². The molecule has 2 saturated heterocycles. The summed E-state index contributed by atoms with van der Waals surface area (Å²) in [5.74, 6) is 0. The second-order valence-electron chi connectivity index (χ2n) is 7.15. The summed E-state index contributed by atoms with van der Waals surface area (Å²) >= 11 is 0. The zero-order valence-electron chi connectivity index (χ0n) is 13.0. The van der Waals surface area contributed by atoms with Gasteiger partial charge in [0.1, 0.15) is 5.60 Å². The topological polar surface area (TPSA) is 73.4 Å². The third kappa shape index (κ3) is 2.84. The fraction of sp³-hybridized carbons (Fsp3) is 0.733.